The zero-order chi connectivity index (χ0) is 16.7. The predicted molar refractivity (Wildman–Crippen MR) is 94.0 cm³/mol. The van der Waals surface area contributed by atoms with E-state index in [1.54, 1.807) is 18.4 Å². The molecular formula is C16H28N4O2S. The van der Waals surface area contributed by atoms with Crippen LogP contribution >= 0.6 is 11.3 Å². The number of ether oxygens (including phenoxy) is 1. The minimum absolute atomic E-state index is 0.00354. The van der Waals surface area contributed by atoms with Crippen LogP contribution in [-0.2, 0) is 4.74 Å². The van der Waals surface area contributed by atoms with Crippen LogP contribution in [0, 0.1) is 0 Å². The number of carbonyl (C=O) groups excluding carboxylic acids is 1. The van der Waals surface area contributed by atoms with E-state index in [9.17, 15) is 4.79 Å². The zero-order valence-corrected chi connectivity index (χ0v) is 15.1. The molecule has 1 aromatic heterocycles. The van der Waals surface area contributed by atoms with Crippen molar-refractivity contribution < 1.29 is 9.53 Å². The van der Waals surface area contributed by atoms with Crippen LogP contribution in [0.3, 0.4) is 0 Å². The van der Waals surface area contributed by atoms with E-state index in [4.69, 9.17) is 4.74 Å². The summed E-state index contributed by atoms with van der Waals surface area (Å²) in [6.07, 6.45) is 0. The minimum Gasteiger partial charge on any atom is -0.383 e. The number of methoxy groups -OCH3 is 1. The first-order valence-electron chi connectivity index (χ1n) is 8.09. The summed E-state index contributed by atoms with van der Waals surface area (Å²) in [5.74, 6) is 0. The Bertz CT molecular complexity index is 461. The van der Waals surface area contributed by atoms with Crippen LogP contribution in [0.1, 0.15) is 17.8 Å². The molecular weight excluding hydrogens is 312 g/mol. The van der Waals surface area contributed by atoms with Gasteiger partial charge >= 0.3 is 6.03 Å². The summed E-state index contributed by atoms with van der Waals surface area (Å²) >= 11 is 1.75. The molecule has 0 spiro atoms. The van der Waals surface area contributed by atoms with Crippen LogP contribution in [0.4, 0.5) is 4.79 Å². The van der Waals surface area contributed by atoms with Crippen molar-refractivity contribution in [1.29, 1.82) is 0 Å². The van der Waals surface area contributed by atoms with Crippen molar-refractivity contribution in [2.45, 2.75) is 19.0 Å². The molecule has 1 aliphatic heterocycles. The number of likely N-dealkylation sites (N-methyl/N-ethyl adjacent to an activating group) is 1. The molecule has 0 saturated carbocycles. The van der Waals surface area contributed by atoms with Crippen LogP contribution in [0.15, 0.2) is 17.5 Å². The molecule has 2 atom stereocenters. The van der Waals surface area contributed by atoms with Crippen LogP contribution in [0.25, 0.3) is 0 Å². The standard InChI is InChI=1S/C16H28N4O2S/c1-13(12-22-3)18-16(21)17-11-14(15-5-4-10-23-15)20-8-6-19(2)7-9-20/h4-5,10,13-14H,6-9,11-12H2,1-3H3,(H2,17,18,21). The number of nitrogens with zero attached hydrogens (tertiary/aromatic N) is 2. The molecule has 1 fully saturated rings. The Labute approximate surface area is 142 Å². The molecule has 1 aliphatic rings. The molecule has 6 nitrogen and oxygen atoms in total. The number of nitrogens with one attached hydrogen (secondary N) is 2. The lowest BCUT2D eigenvalue weighted by molar-refractivity contribution is 0.112. The third-order valence-electron chi connectivity index (χ3n) is 4.10. The van der Waals surface area contributed by atoms with E-state index in [0.717, 1.165) is 26.2 Å². The Morgan fingerprint density at radius 2 is 2.13 bits per heavy atom. The van der Waals surface area contributed by atoms with Crippen LogP contribution in [-0.4, -0.2) is 75.4 Å². The molecule has 1 aromatic rings. The summed E-state index contributed by atoms with van der Waals surface area (Å²) in [7, 11) is 3.79. The number of hydrogen-bond acceptors (Lipinski definition) is 5. The van der Waals surface area contributed by atoms with Gasteiger partial charge in [-0.2, -0.15) is 0 Å². The molecule has 2 N–H and O–H groups in total. The lowest BCUT2D eigenvalue weighted by atomic mass is 10.1. The van der Waals surface area contributed by atoms with Crippen LogP contribution in [0.2, 0.25) is 0 Å². The van der Waals surface area contributed by atoms with Gasteiger partial charge in [0.05, 0.1) is 18.7 Å². The maximum absolute atomic E-state index is 12.0. The van der Waals surface area contributed by atoms with Gasteiger partial charge in [-0.1, -0.05) is 6.07 Å². The van der Waals surface area contributed by atoms with Crippen molar-refractivity contribution in [3.05, 3.63) is 22.4 Å². The Morgan fingerprint density at radius 1 is 1.39 bits per heavy atom. The summed E-state index contributed by atoms with van der Waals surface area (Å²) in [5.41, 5.74) is 0. The molecule has 7 heteroatoms. The van der Waals surface area contributed by atoms with Crippen LogP contribution < -0.4 is 10.6 Å². The molecule has 2 rings (SSSR count). The number of thiophene rings is 1. The van der Waals surface area contributed by atoms with Crippen molar-refractivity contribution in [2.75, 3.05) is 53.5 Å². The van der Waals surface area contributed by atoms with E-state index >= 15 is 0 Å². The average molecular weight is 340 g/mol. The molecule has 130 valence electrons. The van der Waals surface area contributed by atoms with Gasteiger partial charge in [-0.25, -0.2) is 4.79 Å². The average Bonchev–Trinajstić information content (AvgIpc) is 3.03. The summed E-state index contributed by atoms with van der Waals surface area (Å²) in [5, 5.41) is 8.00. The van der Waals surface area contributed by atoms with E-state index in [0.29, 0.717) is 13.2 Å². The van der Waals surface area contributed by atoms with Gasteiger partial charge in [-0.3, -0.25) is 4.90 Å². The molecule has 0 bridgehead atoms. The Hall–Kier alpha value is -1.15. The smallest absolute Gasteiger partial charge is 0.315 e. The first-order valence-corrected chi connectivity index (χ1v) is 8.97. The van der Waals surface area contributed by atoms with Crippen molar-refractivity contribution in [3.8, 4) is 0 Å². The molecule has 2 amide bonds. The Balaban J connectivity index is 1.89. The first-order chi connectivity index (χ1) is 11.1. The Kier molecular flexibility index (Phi) is 7.29. The highest BCUT2D eigenvalue weighted by molar-refractivity contribution is 7.10. The molecule has 23 heavy (non-hydrogen) atoms. The topological polar surface area (TPSA) is 56.8 Å². The third kappa shape index (κ3) is 5.76. The molecule has 1 saturated heterocycles. The fourth-order valence-corrected chi connectivity index (χ4v) is 3.64. The predicted octanol–water partition coefficient (Wildman–Crippen LogP) is 1.37. The van der Waals surface area contributed by atoms with Crippen molar-refractivity contribution in [2.24, 2.45) is 0 Å². The lowest BCUT2D eigenvalue weighted by Crippen LogP contribution is -2.50. The van der Waals surface area contributed by atoms with Crippen molar-refractivity contribution >= 4 is 17.4 Å². The van der Waals surface area contributed by atoms with Gasteiger partial charge in [0.1, 0.15) is 0 Å². The second-order valence-electron chi connectivity index (χ2n) is 6.08. The van der Waals surface area contributed by atoms with Gasteiger partial charge in [0.2, 0.25) is 0 Å². The minimum atomic E-state index is -0.134. The van der Waals surface area contributed by atoms with Gasteiger partial charge in [0.25, 0.3) is 0 Å². The van der Waals surface area contributed by atoms with E-state index in [1.807, 2.05) is 6.92 Å². The number of hydrogen-bond donors (Lipinski definition) is 2. The van der Waals surface area contributed by atoms with Gasteiger partial charge in [-0.15, -0.1) is 11.3 Å². The van der Waals surface area contributed by atoms with Gasteiger partial charge < -0.3 is 20.3 Å². The van der Waals surface area contributed by atoms with Crippen molar-refractivity contribution in [1.82, 2.24) is 20.4 Å². The van der Waals surface area contributed by atoms with Gasteiger partial charge in [0.15, 0.2) is 0 Å². The quantitative estimate of drug-likeness (QED) is 0.787. The second-order valence-corrected chi connectivity index (χ2v) is 7.06. The van der Waals surface area contributed by atoms with Crippen molar-refractivity contribution in [3.63, 3.8) is 0 Å². The zero-order valence-electron chi connectivity index (χ0n) is 14.2. The fourth-order valence-electron chi connectivity index (χ4n) is 2.78. The van der Waals surface area contributed by atoms with Gasteiger partial charge in [-0.05, 0) is 25.4 Å². The number of piperazine rings is 1. The highest BCUT2D eigenvalue weighted by Gasteiger charge is 2.25. The normalized spacial score (nSPS) is 19.3. The molecule has 2 unspecified atom stereocenters. The largest absolute Gasteiger partial charge is 0.383 e. The monoisotopic (exact) mass is 340 g/mol. The maximum atomic E-state index is 12.0. The van der Waals surface area contributed by atoms with E-state index in [-0.39, 0.29) is 18.1 Å². The number of amides is 2. The molecule has 0 radical (unpaired) electrons. The highest BCUT2D eigenvalue weighted by atomic mass is 32.1. The summed E-state index contributed by atoms with van der Waals surface area (Å²) < 4.78 is 5.04. The first kappa shape index (κ1) is 18.2. The van der Waals surface area contributed by atoms with E-state index in [1.165, 1.54) is 4.88 Å². The number of urea groups is 1. The lowest BCUT2D eigenvalue weighted by Gasteiger charge is -2.37. The second kappa shape index (κ2) is 9.22. The summed E-state index contributed by atoms with van der Waals surface area (Å²) in [4.78, 5) is 18.1. The summed E-state index contributed by atoms with van der Waals surface area (Å²) in [6, 6.07) is 4.34. The number of rotatable bonds is 7. The number of carbonyl (C=O) groups is 1. The SMILES string of the molecule is COCC(C)NC(=O)NCC(c1cccs1)N1CCN(C)CC1. The maximum Gasteiger partial charge on any atom is 0.315 e. The molecule has 2 heterocycles. The fraction of sp³-hybridized carbons (Fsp3) is 0.688. The van der Waals surface area contributed by atoms with E-state index < -0.39 is 0 Å². The summed E-state index contributed by atoms with van der Waals surface area (Å²) in [6.45, 7) is 7.26. The Morgan fingerprint density at radius 3 is 2.74 bits per heavy atom. The van der Waals surface area contributed by atoms with E-state index in [2.05, 4.69) is 45.0 Å². The molecule has 0 aliphatic carbocycles. The molecule has 0 aromatic carbocycles. The third-order valence-corrected chi connectivity index (χ3v) is 5.07. The van der Waals surface area contributed by atoms with Crippen LogP contribution in [0.5, 0.6) is 0 Å². The van der Waals surface area contributed by atoms with Gasteiger partial charge in [0, 0.05) is 44.7 Å². The highest BCUT2D eigenvalue weighted by Crippen LogP contribution is 2.25.